The number of sulfonamides is 1. The first kappa shape index (κ1) is 19.2. The molecule has 0 saturated carbocycles. The maximum atomic E-state index is 13.9. The monoisotopic (exact) mass is 409 g/mol. The van der Waals surface area contributed by atoms with Crippen molar-refractivity contribution in [3.8, 4) is 5.69 Å². The maximum absolute atomic E-state index is 13.9. The molecule has 0 aliphatic rings. The SMILES string of the molecule is Cc1c(NS(=O)(=O)Cc2cc(Cl)ccc2F)c(=O)n(-c2ccccc2)n1C. The van der Waals surface area contributed by atoms with E-state index in [2.05, 4.69) is 4.72 Å². The second-order valence-corrected chi connectivity index (χ2v) is 8.19. The van der Waals surface area contributed by atoms with Crippen LogP contribution in [0.15, 0.2) is 53.3 Å². The minimum atomic E-state index is -4.03. The van der Waals surface area contributed by atoms with E-state index in [4.69, 9.17) is 11.6 Å². The van der Waals surface area contributed by atoms with Gasteiger partial charge in [-0.15, -0.1) is 0 Å². The number of para-hydroxylation sites is 1. The predicted molar refractivity (Wildman–Crippen MR) is 103 cm³/mol. The van der Waals surface area contributed by atoms with Crippen LogP contribution in [0.1, 0.15) is 11.3 Å². The van der Waals surface area contributed by atoms with Crippen molar-refractivity contribution in [2.45, 2.75) is 12.7 Å². The predicted octanol–water partition coefficient (Wildman–Crippen LogP) is 3.22. The van der Waals surface area contributed by atoms with Gasteiger partial charge in [0.15, 0.2) is 0 Å². The number of aromatic nitrogens is 2. The average Bonchev–Trinajstić information content (AvgIpc) is 2.82. The fourth-order valence-electron chi connectivity index (χ4n) is 2.74. The van der Waals surface area contributed by atoms with Gasteiger partial charge in [0.1, 0.15) is 11.5 Å². The number of benzene rings is 2. The van der Waals surface area contributed by atoms with Gasteiger partial charge < -0.3 is 0 Å². The smallest absolute Gasteiger partial charge is 0.283 e. The molecule has 6 nitrogen and oxygen atoms in total. The van der Waals surface area contributed by atoms with Gasteiger partial charge in [0.2, 0.25) is 10.0 Å². The first-order valence-corrected chi connectivity index (χ1v) is 10.0. The molecule has 9 heteroatoms. The van der Waals surface area contributed by atoms with Crippen molar-refractivity contribution in [2.75, 3.05) is 4.72 Å². The Morgan fingerprint density at radius 1 is 1.15 bits per heavy atom. The number of nitrogens with zero attached hydrogens (tertiary/aromatic N) is 2. The summed E-state index contributed by atoms with van der Waals surface area (Å²) in [5.74, 6) is -1.32. The van der Waals surface area contributed by atoms with E-state index in [0.717, 1.165) is 6.07 Å². The van der Waals surface area contributed by atoms with E-state index < -0.39 is 27.2 Å². The van der Waals surface area contributed by atoms with Crippen molar-refractivity contribution in [1.82, 2.24) is 9.36 Å². The Balaban J connectivity index is 1.98. The molecule has 0 aliphatic carbocycles. The standard InChI is InChI=1S/C18H17ClFN3O3S/c1-12-17(18(24)23(22(12)2)15-6-4-3-5-7-15)21-27(25,26)11-13-10-14(19)8-9-16(13)20/h3-10,21H,11H2,1-2H3. The summed E-state index contributed by atoms with van der Waals surface area (Å²) in [6.45, 7) is 1.62. The van der Waals surface area contributed by atoms with Gasteiger partial charge in [-0.1, -0.05) is 29.8 Å². The third-order valence-electron chi connectivity index (χ3n) is 4.17. The van der Waals surface area contributed by atoms with Gasteiger partial charge in [0, 0.05) is 17.6 Å². The lowest BCUT2D eigenvalue weighted by molar-refractivity contribution is 0.591. The minimum Gasteiger partial charge on any atom is -0.283 e. The second-order valence-electron chi connectivity index (χ2n) is 6.03. The Hall–Kier alpha value is -2.58. The average molecular weight is 410 g/mol. The van der Waals surface area contributed by atoms with Crippen LogP contribution in [0.25, 0.3) is 5.69 Å². The summed E-state index contributed by atoms with van der Waals surface area (Å²) < 4.78 is 44.1. The van der Waals surface area contributed by atoms with Crippen LogP contribution in [0, 0.1) is 12.7 Å². The van der Waals surface area contributed by atoms with Gasteiger partial charge in [0.25, 0.3) is 5.56 Å². The quantitative estimate of drug-likeness (QED) is 0.703. The lowest BCUT2D eigenvalue weighted by Gasteiger charge is -2.08. The van der Waals surface area contributed by atoms with Crippen molar-refractivity contribution in [1.29, 1.82) is 0 Å². The molecule has 2 aromatic carbocycles. The first-order chi connectivity index (χ1) is 12.7. The van der Waals surface area contributed by atoms with Crippen LogP contribution in [-0.4, -0.2) is 17.8 Å². The van der Waals surface area contributed by atoms with Crippen LogP contribution in [-0.2, 0) is 22.8 Å². The first-order valence-electron chi connectivity index (χ1n) is 7.98. The summed E-state index contributed by atoms with van der Waals surface area (Å²) in [5, 5.41) is 0.226. The van der Waals surface area contributed by atoms with E-state index in [0.29, 0.717) is 11.4 Å². The zero-order valence-corrected chi connectivity index (χ0v) is 16.2. The Labute approximate surface area is 160 Å². The van der Waals surface area contributed by atoms with Gasteiger partial charge in [-0.2, -0.15) is 0 Å². The molecule has 27 heavy (non-hydrogen) atoms. The molecule has 0 saturated heterocycles. The zero-order valence-electron chi connectivity index (χ0n) is 14.6. The lowest BCUT2D eigenvalue weighted by atomic mass is 10.2. The molecule has 0 radical (unpaired) electrons. The fraction of sp³-hybridized carbons (Fsp3) is 0.167. The molecule has 0 bridgehead atoms. The summed E-state index contributed by atoms with van der Waals surface area (Å²) in [6.07, 6.45) is 0. The van der Waals surface area contributed by atoms with Crippen LogP contribution in [0.4, 0.5) is 10.1 Å². The molecule has 142 valence electrons. The summed E-state index contributed by atoms with van der Waals surface area (Å²) in [5.41, 5.74) is 0.352. The number of hydrogen-bond acceptors (Lipinski definition) is 3. The summed E-state index contributed by atoms with van der Waals surface area (Å²) in [6, 6.07) is 12.5. The Kier molecular flexibility index (Phi) is 5.12. The van der Waals surface area contributed by atoms with E-state index >= 15 is 0 Å². The highest BCUT2D eigenvalue weighted by molar-refractivity contribution is 7.91. The van der Waals surface area contributed by atoms with Crippen molar-refractivity contribution in [3.63, 3.8) is 0 Å². The normalized spacial score (nSPS) is 11.6. The minimum absolute atomic E-state index is 0.0769. The van der Waals surface area contributed by atoms with Crippen LogP contribution in [0.5, 0.6) is 0 Å². The van der Waals surface area contributed by atoms with Crippen LogP contribution in [0.3, 0.4) is 0 Å². The molecule has 0 amide bonds. The summed E-state index contributed by atoms with van der Waals surface area (Å²) in [7, 11) is -2.38. The molecule has 1 aromatic heterocycles. The van der Waals surface area contributed by atoms with E-state index in [1.54, 1.807) is 42.9 Å². The molecular weight excluding hydrogens is 393 g/mol. The molecule has 3 aromatic rings. The third kappa shape index (κ3) is 3.91. The van der Waals surface area contributed by atoms with Gasteiger partial charge in [-0.3, -0.25) is 14.2 Å². The van der Waals surface area contributed by atoms with Crippen LogP contribution >= 0.6 is 11.6 Å². The van der Waals surface area contributed by atoms with Gasteiger partial charge >= 0.3 is 0 Å². The summed E-state index contributed by atoms with van der Waals surface area (Å²) >= 11 is 5.81. The third-order valence-corrected chi connectivity index (χ3v) is 5.61. The molecule has 0 fully saturated rings. The van der Waals surface area contributed by atoms with E-state index in [1.807, 2.05) is 6.07 Å². The molecule has 0 atom stereocenters. The Morgan fingerprint density at radius 2 is 1.81 bits per heavy atom. The van der Waals surface area contributed by atoms with E-state index in [-0.39, 0.29) is 16.3 Å². The largest absolute Gasteiger partial charge is 0.296 e. The number of hydrogen-bond donors (Lipinski definition) is 1. The number of rotatable bonds is 5. The van der Waals surface area contributed by atoms with Crippen LogP contribution in [0.2, 0.25) is 5.02 Å². The molecule has 0 spiro atoms. The van der Waals surface area contributed by atoms with Crippen molar-refractivity contribution >= 4 is 27.3 Å². The molecule has 1 heterocycles. The van der Waals surface area contributed by atoms with E-state index in [9.17, 15) is 17.6 Å². The highest BCUT2D eigenvalue weighted by Crippen LogP contribution is 2.20. The Morgan fingerprint density at radius 3 is 2.48 bits per heavy atom. The molecular formula is C18H17ClFN3O3S. The topological polar surface area (TPSA) is 73.1 Å². The molecule has 1 N–H and O–H groups in total. The van der Waals surface area contributed by atoms with Gasteiger partial charge in [-0.25, -0.2) is 17.5 Å². The highest BCUT2D eigenvalue weighted by atomic mass is 35.5. The zero-order chi connectivity index (χ0) is 19.8. The van der Waals surface area contributed by atoms with Gasteiger partial charge in [-0.05, 0) is 37.3 Å². The van der Waals surface area contributed by atoms with E-state index in [1.165, 1.54) is 16.8 Å². The van der Waals surface area contributed by atoms with Crippen LogP contribution < -0.4 is 10.3 Å². The highest BCUT2D eigenvalue weighted by Gasteiger charge is 2.22. The fourth-order valence-corrected chi connectivity index (χ4v) is 4.18. The molecule has 3 rings (SSSR count). The van der Waals surface area contributed by atoms with Crippen molar-refractivity contribution in [3.05, 3.63) is 81.0 Å². The number of anilines is 1. The number of halogens is 2. The number of nitrogens with one attached hydrogen (secondary N) is 1. The Bertz CT molecular complexity index is 1150. The molecule has 0 unspecified atom stereocenters. The maximum Gasteiger partial charge on any atom is 0.296 e. The van der Waals surface area contributed by atoms with Crippen molar-refractivity contribution < 1.29 is 12.8 Å². The lowest BCUT2D eigenvalue weighted by Crippen LogP contribution is -2.23. The van der Waals surface area contributed by atoms with Crippen molar-refractivity contribution in [2.24, 2.45) is 7.05 Å². The summed E-state index contributed by atoms with van der Waals surface area (Å²) in [4.78, 5) is 12.8. The molecule has 0 aliphatic heterocycles. The van der Waals surface area contributed by atoms with Gasteiger partial charge in [0.05, 0.1) is 17.1 Å². The second kappa shape index (κ2) is 7.21.